The highest BCUT2D eigenvalue weighted by Crippen LogP contribution is 2.27. The van der Waals surface area contributed by atoms with Gasteiger partial charge in [-0.15, -0.1) is 0 Å². The number of ether oxygens (including phenoxy) is 2. The minimum absolute atomic E-state index is 0.0360. The van der Waals surface area contributed by atoms with Crippen LogP contribution in [0.25, 0.3) is 0 Å². The van der Waals surface area contributed by atoms with Crippen molar-refractivity contribution in [1.82, 2.24) is 4.90 Å². The molecule has 31 heavy (non-hydrogen) atoms. The predicted molar refractivity (Wildman–Crippen MR) is 113 cm³/mol. The van der Waals surface area contributed by atoms with Gasteiger partial charge in [0.1, 0.15) is 5.82 Å². The van der Waals surface area contributed by atoms with Crippen molar-refractivity contribution in [3.05, 3.63) is 64.4 Å². The number of rotatable bonds is 5. The first-order valence-corrected chi connectivity index (χ1v) is 10.0. The van der Waals surface area contributed by atoms with Crippen molar-refractivity contribution in [2.45, 2.75) is 12.3 Å². The number of aliphatic imine (C=N–C) groups is 1. The summed E-state index contributed by atoms with van der Waals surface area (Å²) in [5.74, 6) is -1.55. The minimum atomic E-state index is -1.08. The van der Waals surface area contributed by atoms with Crippen molar-refractivity contribution in [3.63, 3.8) is 0 Å². The fourth-order valence-electron chi connectivity index (χ4n) is 3.38. The van der Waals surface area contributed by atoms with Crippen LogP contribution in [0, 0.1) is 5.82 Å². The molecular weight excluding hydrogens is 427 g/mol. The summed E-state index contributed by atoms with van der Waals surface area (Å²) in [7, 11) is 0. The molecule has 0 spiro atoms. The maximum atomic E-state index is 14.2. The molecule has 2 atom stereocenters. The molecule has 0 saturated carbocycles. The lowest BCUT2D eigenvalue weighted by molar-refractivity contribution is -0.120. The number of nitrogens with zero attached hydrogens (tertiary/aromatic N) is 2. The number of benzene rings is 2. The molecule has 0 bridgehead atoms. The van der Waals surface area contributed by atoms with E-state index in [1.54, 1.807) is 29.2 Å². The van der Waals surface area contributed by atoms with Gasteiger partial charge in [-0.1, -0.05) is 17.7 Å². The Bertz CT molecular complexity index is 1000. The monoisotopic (exact) mass is 446 g/mol. The summed E-state index contributed by atoms with van der Waals surface area (Å²) in [5, 5.41) is 3.11. The zero-order chi connectivity index (χ0) is 22.0. The van der Waals surface area contributed by atoms with Gasteiger partial charge in [0.15, 0.2) is 6.04 Å². The zero-order valence-corrected chi connectivity index (χ0v) is 17.1. The lowest BCUT2D eigenvalue weighted by Gasteiger charge is -2.27. The summed E-state index contributed by atoms with van der Waals surface area (Å²) in [6, 6.07) is 9.80. The minimum Gasteiger partial charge on any atom is -0.450 e. The number of nitrogens with one attached hydrogen (secondary N) is 1. The van der Waals surface area contributed by atoms with Gasteiger partial charge in [0.2, 0.25) is 18.0 Å². The van der Waals surface area contributed by atoms with Crippen LogP contribution in [-0.4, -0.2) is 61.2 Å². The number of nitrogens with two attached hydrogens (primary N) is 1. The molecule has 2 aliphatic heterocycles. The maximum absolute atomic E-state index is 14.2. The Hall–Kier alpha value is -3.17. The molecule has 2 aliphatic rings. The van der Waals surface area contributed by atoms with E-state index in [1.165, 1.54) is 18.2 Å². The van der Waals surface area contributed by atoms with E-state index in [-0.39, 0.29) is 22.4 Å². The number of carbonyl (C=O) groups is 2. The average molecular weight is 447 g/mol. The highest BCUT2D eigenvalue weighted by atomic mass is 35.5. The second-order valence-electron chi connectivity index (χ2n) is 7.04. The Kier molecular flexibility index (Phi) is 6.06. The number of primary amides is 1. The Morgan fingerprint density at radius 1 is 1.16 bits per heavy atom. The van der Waals surface area contributed by atoms with Crippen LogP contribution in [0.5, 0.6) is 0 Å². The van der Waals surface area contributed by atoms with Gasteiger partial charge in [-0.25, -0.2) is 9.38 Å². The Labute approximate surface area is 182 Å². The summed E-state index contributed by atoms with van der Waals surface area (Å²) < 4.78 is 25.2. The van der Waals surface area contributed by atoms with E-state index in [2.05, 4.69) is 10.3 Å². The maximum Gasteiger partial charge on any atom is 0.254 e. The van der Waals surface area contributed by atoms with E-state index in [1.807, 2.05) is 0 Å². The third-order valence-electron chi connectivity index (χ3n) is 4.99. The Morgan fingerprint density at radius 3 is 2.52 bits per heavy atom. The first kappa shape index (κ1) is 21.1. The van der Waals surface area contributed by atoms with Crippen molar-refractivity contribution in [3.8, 4) is 0 Å². The first-order valence-electron chi connectivity index (χ1n) is 9.66. The van der Waals surface area contributed by atoms with Gasteiger partial charge in [0.25, 0.3) is 5.91 Å². The van der Waals surface area contributed by atoms with Crippen LogP contribution in [0.2, 0.25) is 5.02 Å². The molecule has 2 heterocycles. The van der Waals surface area contributed by atoms with E-state index >= 15 is 0 Å². The third-order valence-corrected chi connectivity index (χ3v) is 5.30. The van der Waals surface area contributed by atoms with Crippen LogP contribution in [0.1, 0.15) is 15.9 Å². The number of hydrogen-bond acceptors (Lipinski definition) is 6. The number of morpholine rings is 1. The van der Waals surface area contributed by atoms with Gasteiger partial charge < -0.3 is 25.4 Å². The van der Waals surface area contributed by atoms with E-state index < -0.39 is 24.0 Å². The van der Waals surface area contributed by atoms with Crippen molar-refractivity contribution in [2.75, 3.05) is 31.6 Å². The lowest BCUT2D eigenvalue weighted by atomic mass is 10.1. The molecule has 2 aromatic rings. The topological polar surface area (TPSA) is 106 Å². The highest BCUT2D eigenvalue weighted by molar-refractivity contribution is 6.34. The van der Waals surface area contributed by atoms with Gasteiger partial charge in [-0.2, -0.15) is 0 Å². The van der Waals surface area contributed by atoms with Gasteiger partial charge >= 0.3 is 0 Å². The molecule has 0 aliphatic carbocycles. The largest absolute Gasteiger partial charge is 0.450 e. The quantitative estimate of drug-likeness (QED) is 0.730. The van der Waals surface area contributed by atoms with Crippen LogP contribution in [0.3, 0.4) is 0 Å². The van der Waals surface area contributed by atoms with Gasteiger partial charge in [0.05, 0.1) is 23.8 Å². The molecule has 162 valence electrons. The third kappa shape index (κ3) is 4.47. The smallest absolute Gasteiger partial charge is 0.254 e. The molecule has 8 nitrogen and oxygen atoms in total. The molecule has 2 unspecified atom stereocenters. The molecule has 1 fully saturated rings. The SMILES string of the molecule is NC(=O)C1N=C(c2c(F)cccc2Cl)OC1Nc1ccc(C(=O)N2CCOCC2)cc1. The highest BCUT2D eigenvalue weighted by Gasteiger charge is 2.37. The molecular formula is C21H20ClFN4O4. The van der Waals surface area contributed by atoms with Crippen LogP contribution in [0.4, 0.5) is 10.1 Å². The van der Waals surface area contributed by atoms with Crippen LogP contribution in [0.15, 0.2) is 47.5 Å². The number of amides is 2. The zero-order valence-electron chi connectivity index (χ0n) is 16.4. The van der Waals surface area contributed by atoms with E-state index in [0.717, 1.165) is 0 Å². The normalized spacial score (nSPS) is 20.7. The molecule has 1 saturated heterocycles. The van der Waals surface area contributed by atoms with E-state index in [4.69, 9.17) is 26.8 Å². The summed E-state index contributed by atoms with van der Waals surface area (Å²) in [5.41, 5.74) is 6.52. The molecule has 2 aromatic carbocycles. The predicted octanol–water partition coefficient (Wildman–Crippen LogP) is 2.02. The fourth-order valence-corrected chi connectivity index (χ4v) is 3.62. The second kappa shape index (κ2) is 8.91. The second-order valence-corrected chi connectivity index (χ2v) is 7.45. The molecule has 10 heteroatoms. The number of anilines is 1. The lowest BCUT2D eigenvalue weighted by Crippen LogP contribution is -2.41. The average Bonchev–Trinajstić information content (AvgIpc) is 3.18. The summed E-state index contributed by atoms with van der Waals surface area (Å²) in [6.45, 7) is 2.14. The molecule has 2 amide bonds. The van der Waals surface area contributed by atoms with Crippen LogP contribution in [-0.2, 0) is 14.3 Å². The van der Waals surface area contributed by atoms with Gasteiger partial charge in [-0.05, 0) is 36.4 Å². The standard InChI is InChI=1S/C21H20ClFN4O4/c22-14-2-1-3-15(23)16(14)19-26-17(18(24)28)20(31-19)25-13-6-4-12(5-7-13)21(29)27-8-10-30-11-9-27/h1-7,17,20,25H,8-11H2,(H2,24,28). The van der Waals surface area contributed by atoms with Gasteiger partial charge in [-0.3, -0.25) is 9.59 Å². The van der Waals surface area contributed by atoms with E-state index in [0.29, 0.717) is 37.6 Å². The Balaban J connectivity index is 1.48. The molecule has 0 radical (unpaired) electrons. The number of halogens is 2. The summed E-state index contributed by atoms with van der Waals surface area (Å²) in [6.07, 6.45) is -0.955. The van der Waals surface area contributed by atoms with Crippen molar-refractivity contribution in [1.29, 1.82) is 0 Å². The fraction of sp³-hybridized carbons (Fsp3) is 0.286. The summed E-state index contributed by atoms with van der Waals surface area (Å²) >= 11 is 6.07. The van der Waals surface area contributed by atoms with Crippen molar-refractivity contribution >= 4 is 35.0 Å². The Morgan fingerprint density at radius 2 is 1.87 bits per heavy atom. The number of carbonyl (C=O) groups excluding carboxylic acids is 2. The molecule has 4 rings (SSSR count). The number of hydrogen-bond donors (Lipinski definition) is 2. The van der Waals surface area contributed by atoms with Crippen LogP contribution < -0.4 is 11.1 Å². The molecule has 3 N–H and O–H groups in total. The van der Waals surface area contributed by atoms with Gasteiger partial charge in [0, 0.05) is 24.3 Å². The van der Waals surface area contributed by atoms with Crippen molar-refractivity contribution in [2.24, 2.45) is 10.7 Å². The van der Waals surface area contributed by atoms with E-state index in [9.17, 15) is 14.0 Å². The first-order chi connectivity index (χ1) is 14.9. The summed E-state index contributed by atoms with van der Waals surface area (Å²) in [4.78, 5) is 30.3. The van der Waals surface area contributed by atoms with Crippen molar-refractivity contribution < 1.29 is 23.5 Å². The molecule has 0 aromatic heterocycles. The van der Waals surface area contributed by atoms with Crippen LogP contribution >= 0.6 is 11.6 Å².